The van der Waals surface area contributed by atoms with Gasteiger partial charge in [0.2, 0.25) is 5.91 Å². The van der Waals surface area contributed by atoms with E-state index >= 15 is 0 Å². The predicted molar refractivity (Wildman–Crippen MR) is 110 cm³/mol. The molecule has 0 spiro atoms. The second-order valence-corrected chi connectivity index (χ2v) is 7.18. The highest BCUT2D eigenvalue weighted by molar-refractivity contribution is 5.97. The SMILES string of the molecule is CNc1ncc(C#Cc2cc3ccccn3n2)c2cc(C3(C(N)=O)CC3)ncc12. The third kappa shape index (κ3) is 2.77. The number of amides is 1. The lowest BCUT2D eigenvalue weighted by Crippen LogP contribution is -2.29. The summed E-state index contributed by atoms with van der Waals surface area (Å²) in [5.74, 6) is 6.69. The van der Waals surface area contributed by atoms with E-state index in [9.17, 15) is 4.79 Å². The van der Waals surface area contributed by atoms with Crippen molar-refractivity contribution in [2.45, 2.75) is 18.3 Å². The van der Waals surface area contributed by atoms with Crippen molar-refractivity contribution in [3.8, 4) is 11.8 Å². The molecule has 7 heteroatoms. The minimum absolute atomic E-state index is 0.329. The Bertz CT molecular complexity index is 1310. The van der Waals surface area contributed by atoms with Crippen molar-refractivity contribution in [3.05, 3.63) is 65.9 Å². The van der Waals surface area contributed by atoms with E-state index in [4.69, 9.17) is 5.73 Å². The maximum absolute atomic E-state index is 11.9. The van der Waals surface area contributed by atoms with Crippen LogP contribution in [0.2, 0.25) is 0 Å². The number of anilines is 1. The summed E-state index contributed by atoms with van der Waals surface area (Å²) in [6.45, 7) is 0. The molecule has 142 valence electrons. The highest BCUT2D eigenvalue weighted by Gasteiger charge is 2.51. The van der Waals surface area contributed by atoms with Gasteiger partial charge in [0.05, 0.1) is 22.2 Å². The number of nitrogens with two attached hydrogens (primary N) is 1. The minimum Gasteiger partial charge on any atom is -0.373 e. The molecule has 1 saturated carbocycles. The number of pyridine rings is 3. The first-order valence-electron chi connectivity index (χ1n) is 9.34. The summed E-state index contributed by atoms with van der Waals surface area (Å²) >= 11 is 0. The van der Waals surface area contributed by atoms with Gasteiger partial charge in [0, 0.05) is 36.4 Å². The van der Waals surface area contributed by atoms with E-state index in [0.29, 0.717) is 17.2 Å². The van der Waals surface area contributed by atoms with Crippen LogP contribution in [0.25, 0.3) is 16.3 Å². The van der Waals surface area contributed by atoms with Crippen LogP contribution in [0.1, 0.15) is 29.8 Å². The van der Waals surface area contributed by atoms with Crippen molar-refractivity contribution in [1.82, 2.24) is 19.6 Å². The van der Waals surface area contributed by atoms with Gasteiger partial charge in [-0.25, -0.2) is 9.50 Å². The monoisotopic (exact) mass is 382 g/mol. The summed E-state index contributed by atoms with van der Waals surface area (Å²) in [4.78, 5) is 20.9. The third-order valence-corrected chi connectivity index (χ3v) is 5.42. The van der Waals surface area contributed by atoms with Crippen LogP contribution in [0.3, 0.4) is 0 Å². The van der Waals surface area contributed by atoms with E-state index in [1.54, 1.807) is 16.9 Å². The van der Waals surface area contributed by atoms with Crippen molar-refractivity contribution in [3.63, 3.8) is 0 Å². The zero-order chi connectivity index (χ0) is 20.0. The molecule has 1 amide bonds. The van der Waals surface area contributed by atoms with Gasteiger partial charge < -0.3 is 11.1 Å². The van der Waals surface area contributed by atoms with Crippen LogP contribution in [-0.2, 0) is 10.2 Å². The Kier molecular flexibility index (Phi) is 3.74. The number of hydrogen-bond donors (Lipinski definition) is 2. The molecule has 29 heavy (non-hydrogen) atoms. The molecular formula is C22H18N6O. The molecule has 0 unspecified atom stereocenters. The first-order valence-corrected chi connectivity index (χ1v) is 9.34. The topological polar surface area (TPSA) is 98.2 Å². The van der Waals surface area contributed by atoms with Crippen LogP contribution in [0.15, 0.2) is 48.9 Å². The Hall–Kier alpha value is -3.92. The van der Waals surface area contributed by atoms with Gasteiger partial charge in [0.25, 0.3) is 0 Å². The third-order valence-electron chi connectivity index (χ3n) is 5.42. The van der Waals surface area contributed by atoms with Crippen LogP contribution in [0, 0.1) is 11.8 Å². The lowest BCUT2D eigenvalue weighted by Gasteiger charge is -2.13. The number of aromatic nitrogens is 4. The Morgan fingerprint density at radius 2 is 2.03 bits per heavy atom. The lowest BCUT2D eigenvalue weighted by molar-refractivity contribution is -0.120. The van der Waals surface area contributed by atoms with E-state index in [1.165, 1.54) is 0 Å². The van der Waals surface area contributed by atoms with Crippen molar-refractivity contribution in [2.24, 2.45) is 5.73 Å². The van der Waals surface area contributed by atoms with Crippen molar-refractivity contribution >= 4 is 28.0 Å². The average molecular weight is 382 g/mol. The molecule has 4 aromatic rings. The number of carbonyl (C=O) groups excluding carboxylic acids is 1. The molecule has 1 fully saturated rings. The second-order valence-electron chi connectivity index (χ2n) is 7.18. The number of carbonyl (C=O) groups is 1. The van der Waals surface area contributed by atoms with E-state index in [1.807, 2.05) is 43.6 Å². The number of rotatable bonds is 3. The molecule has 1 aliphatic carbocycles. The fraction of sp³-hybridized carbons (Fsp3) is 0.182. The first kappa shape index (κ1) is 17.2. The van der Waals surface area contributed by atoms with E-state index in [-0.39, 0.29) is 5.91 Å². The molecule has 7 nitrogen and oxygen atoms in total. The van der Waals surface area contributed by atoms with Gasteiger partial charge in [-0.1, -0.05) is 12.0 Å². The van der Waals surface area contributed by atoms with Crippen molar-refractivity contribution < 1.29 is 4.79 Å². The highest BCUT2D eigenvalue weighted by Crippen LogP contribution is 2.47. The van der Waals surface area contributed by atoms with Gasteiger partial charge in [0.1, 0.15) is 11.5 Å². The van der Waals surface area contributed by atoms with Gasteiger partial charge in [-0.2, -0.15) is 5.10 Å². The molecule has 0 saturated heterocycles. The fourth-order valence-corrected chi connectivity index (χ4v) is 3.58. The summed E-state index contributed by atoms with van der Waals surface area (Å²) in [5.41, 5.74) is 8.08. The number of nitrogens with one attached hydrogen (secondary N) is 1. The summed E-state index contributed by atoms with van der Waals surface area (Å²) in [6, 6.07) is 9.72. The van der Waals surface area contributed by atoms with E-state index < -0.39 is 5.41 Å². The molecular weight excluding hydrogens is 364 g/mol. The molecule has 5 rings (SSSR count). The maximum atomic E-state index is 11.9. The Labute approximate surface area is 167 Å². The Morgan fingerprint density at radius 3 is 2.76 bits per heavy atom. The molecule has 0 bridgehead atoms. The summed E-state index contributed by atoms with van der Waals surface area (Å²) in [7, 11) is 1.81. The summed E-state index contributed by atoms with van der Waals surface area (Å²) in [6.07, 6.45) is 6.81. The number of fused-ring (bicyclic) bond motifs is 2. The largest absolute Gasteiger partial charge is 0.373 e. The fourth-order valence-electron chi connectivity index (χ4n) is 3.58. The number of hydrogen-bond acceptors (Lipinski definition) is 5. The van der Waals surface area contributed by atoms with Gasteiger partial charge in [-0.3, -0.25) is 9.78 Å². The summed E-state index contributed by atoms with van der Waals surface area (Å²) in [5, 5.41) is 9.28. The maximum Gasteiger partial charge on any atom is 0.229 e. The van der Waals surface area contributed by atoms with E-state index in [2.05, 4.69) is 32.2 Å². The molecule has 0 aromatic carbocycles. The number of primary amides is 1. The van der Waals surface area contributed by atoms with E-state index in [0.717, 1.165) is 34.7 Å². The molecule has 0 radical (unpaired) electrons. The molecule has 3 N–H and O–H groups in total. The van der Waals surface area contributed by atoms with Crippen molar-refractivity contribution in [1.29, 1.82) is 0 Å². The van der Waals surface area contributed by atoms with Gasteiger partial charge in [0.15, 0.2) is 0 Å². The summed E-state index contributed by atoms with van der Waals surface area (Å²) < 4.78 is 1.79. The minimum atomic E-state index is -0.649. The molecule has 4 heterocycles. The average Bonchev–Trinajstić information content (AvgIpc) is 3.45. The van der Waals surface area contributed by atoms with Crippen LogP contribution >= 0.6 is 0 Å². The van der Waals surface area contributed by atoms with Crippen LogP contribution < -0.4 is 11.1 Å². The number of nitrogens with zero attached hydrogens (tertiary/aromatic N) is 4. The van der Waals surface area contributed by atoms with Gasteiger partial charge in [-0.15, -0.1) is 0 Å². The standard InChI is InChI=1S/C22H18N6O/c1-24-20-18-13-25-19(22(7-8-22)21(23)29)11-17(18)14(12-26-20)5-6-15-10-16-4-2-3-9-28(16)27-15/h2-4,9-13H,7-8H2,1H3,(H2,23,29)(H,24,26). The zero-order valence-electron chi connectivity index (χ0n) is 15.8. The Balaban J connectivity index is 1.64. The van der Waals surface area contributed by atoms with Crippen LogP contribution in [0.4, 0.5) is 5.82 Å². The van der Waals surface area contributed by atoms with Crippen LogP contribution in [-0.4, -0.2) is 32.5 Å². The van der Waals surface area contributed by atoms with Gasteiger partial charge in [-0.05, 0) is 43.0 Å². The second kappa shape index (κ2) is 6.31. The first-order chi connectivity index (χ1) is 14.1. The normalized spacial score (nSPS) is 14.4. The zero-order valence-corrected chi connectivity index (χ0v) is 15.8. The Morgan fingerprint density at radius 1 is 1.17 bits per heavy atom. The lowest BCUT2D eigenvalue weighted by atomic mass is 9.98. The van der Waals surface area contributed by atoms with Gasteiger partial charge >= 0.3 is 0 Å². The van der Waals surface area contributed by atoms with Crippen molar-refractivity contribution in [2.75, 3.05) is 12.4 Å². The molecule has 4 aromatic heterocycles. The molecule has 0 atom stereocenters. The van der Waals surface area contributed by atoms with Crippen LogP contribution in [0.5, 0.6) is 0 Å². The highest BCUT2D eigenvalue weighted by atomic mass is 16.1. The predicted octanol–water partition coefficient (Wildman–Crippen LogP) is 2.24. The quantitative estimate of drug-likeness (QED) is 0.530. The smallest absolute Gasteiger partial charge is 0.229 e. The molecule has 1 aliphatic rings. The molecule has 0 aliphatic heterocycles.